The first-order valence-corrected chi connectivity index (χ1v) is 8.23. The quantitative estimate of drug-likeness (QED) is 0.621. The summed E-state index contributed by atoms with van der Waals surface area (Å²) in [6.45, 7) is -0.182. The largest absolute Gasteiger partial charge is 0.487 e. The fourth-order valence-corrected chi connectivity index (χ4v) is 2.31. The molecule has 1 N–H and O–H groups in total. The highest BCUT2D eigenvalue weighted by Gasteiger charge is 2.27. The number of nitrogens with zero attached hydrogens (tertiary/aromatic N) is 4. The Kier molecular flexibility index (Phi) is 5.52. The Balaban J connectivity index is 1.59. The summed E-state index contributed by atoms with van der Waals surface area (Å²) in [6, 6.07) is 12.1. The third-order valence-corrected chi connectivity index (χ3v) is 3.54. The zero-order valence-electron chi connectivity index (χ0n) is 13.4. The van der Waals surface area contributed by atoms with Crippen LogP contribution < -0.4 is 10.1 Å². The predicted octanol–water partition coefficient (Wildman–Crippen LogP) is 3.80. The molecule has 0 aliphatic heterocycles. The summed E-state index contributed by atoms with van der Waals surface area (Å²) in [4.78, 5) is 13.2. The number of anilines is 1. The highest BCUT2D eigenvalue weighted by molar-refractivity contribution is 6.30. The molecule has 0 saturated heterocycles. The van der Waals surface area contributed by atoms with Crippen molar-refractivity contribution in [3.63, 3.8) is 0 Å². The van der Waals surface area contributed by atoms with Crippen LogP contribution in [-0.2, 0) is 11.3 Å². The molecule has 1 heterocycles. The van der Waals surface area contributed by atoms with Crippen LogP contribution in [0.4, 0.5) is 14.5 Å². The molecule has 0 saturated carbocycles. The van der Waals surface area contributed by atoms with Gasteiger partial charge in [0.25, 0.3) is 0 Å². The topological polar surface area (TPSA) is 81.9 Å². The summed E-state index contributed by atoms with van der Waals surface area (Å²) in [5.74, 6) is -0.215. The summed E-state index contributed by atoms with van der Waals surface area (Å²) in [5, 5.41) is 15.0. The summed E-state index contributed by atoms with van der Waals surface area (Å²) >= 11 is 10.5. The second kappa shape index (κ2) is 7.85. The SMILES string of the molecule is O=C(Cn1nnc(-c2ccc(Cl)cc2)n1)Nc1ccc(OC(F)(F)Cl)cc1. The van der Waals surface area contributed by atoms with Crippen LogP contribution in [0, 0.1) is 0 Å². The van der Waals surface area contributed by atoms with Crippen LogP contribution in [0.3, 0.4) is 0 Å². The van der Waals surface area contributed by atoms with Gasteiger partial charge in [0.15, 0.2) is 0 Å². The lowest BCUT2D eigenvalue weighted by molar-refractivity contribution is -0.117. The maximum absolute atomic E-state index is 12.5. The average molecular weight is 414 g/mol. The smallest absolute Gasteiger partial charge is 0.420 e. The van der Waals surface area contributed by atoms with E-state index in [1.165, 1.54) is 24.3 Å². The number of tetrazole rings is 1. The second-order valence-electron chi connectivity index (χ2n) is 5.27. The Bertz CT molecular complexity index is 927. The van der Waals surface area contributed by atoms with Gasteiger partial charge < -0.3 is 10.1 Å². The Hall–Kier alpha value is -2.78. The minimum Gasteiger partial charge on any atom is -0.420 e. The van der Waals surface area contributed by atoms with Crippen molar-refractivity contribution >= 4 is 34.8 Å². The molecule has 0 aliphatic carbocycles. The lowest BCUT2D eigenvalue weighted by atomic mass is 10.2. The number of carbonyl (C=O) groups excluding carboxylic acids is 1. The minimum absolute atomic E-state index is 0.140. The molecule has 27 heavy (non-hydrogen) atoms. The van der Waals surface area contributed by atoms with Gasteiger partial charge in [0.1, 0.15) is 12.3 Å². The molecule has 0 aliphatic rings. The predicted molar refractivity (Wildman–Crippen MR) is 94.8 cm³/mol. The number of ether oxygens (including phenoxy) is 1. The number of halogens is 4. The van der Waals surface area contributed by atoms with E-state index in [4.69, 9.17) is 11.6 Å². The molecule has 0 unspecified atom stereocenters. The van der Waals surface area contributed by atoms with Crippen molar-refractivity contribution in [3.8, 4) is 17.1 Å². The summed E-state index contributed by atoms with van der Waals surface area (Å²) in [6.07, 6.45) is 0. The molecule has 0 atom stereocenters. The zero-order valence-corrected chi connectivity index (χ0v) is 15.0. The molecule has 0 spiro atoms. The van der Waals surface area contributed by atoms with E-state index in [-0.39, 0.29) is 12.3 Å². The fourth-order valence-electron chi connectivity index (χ4n) is 2.09. The van der Waals surface area contributed by atoms with Crippen molar-refractivity contribution in [1.29, 1.82) is 0 Å². The van der Waals surface area contributed by atoms with Crippen molar-refractivity contribution in [2.45, 2.75) is 12.1 Å². The van der Waals surface area contributed by atoms with Gasteiger partial charge in [-0.25, -0.2) is 0 Å². The van der Waals surface area contributed by atoms with Gasteiger partial charge in [-0.3, -0.25) is 4.79 Å². The summed E-state index contributed by atoms with van der Waals surface area (Å²) < 4.78 is 29.3. The number of alkyl halides is 3. The second-order valence-corrected chi connectivity index (χ2v) is 6.15. The molecule has 0 fully saturated rings. The third kappa shape index (κ3) is 5.60. The Morgan fingerprint density at radius 2 is 1.81 bits per heavy atom. The van der Waals surface area contributed by atoms with E-state index in [0.717, 1.165) is 4.80 Å². The first kappa shape index (κ1) is 19.0. The number of hydrogen-bond acceptors (Lipinski definition) is 5. The molecular formula is C16H11Cl2F2N5O2. The molecule has 1 amide bonds. The van der Waals surface area contributed by atoms with Crippen molar-refractivity contribution in [2.75, 3.05) is 5.32 Å². The van der Waals surface area contributed by atoms with Crippen LogP contribution in [0.2, 0.25) is 5.02 Å². The third-order valence-electron chi connectivity index (χ3n) is 3.21. The maximum atomic E-state index is 12.5. The van der Waals surface area contributed by atoms with Crippen LogP contribution in [0.1, 0.15) is 0 Å². The molecule has 0 bridgehead atoms. The van der Waals surface area contributed by atoms with E-state index in [1.807, 2.05) is 0 Å². The van der Waals surface area contributed by atoms with Gasteiger partial charge >= 0.3 is 5.57 Å². The molecule has 1 aromatic heterocycles. The highest BCUT2D eigenvalue weighted by Crippen LogP contribution is 2.26. The Morgan fingerprint density at radius 1 is 1.15 bits per heavy atom. The molecule has 3 rings (SSSR count). The van der Waals surface area contributed by atoms with Gasteiger partial charge in [-0.1, -0.05) is 11.6 Å². The van der Waals surface area contributed by atoms with Crippen molar-refractivity contribution in [1.82, 2.24) is 20.2 Å². The molecule has 140 valence electrons. The van der Waals surface area contributed by atoms with Gasteiger partial charge in [0, 0.05) is 27.9 Å². The normalized spacial score (nSPS) is 11.3. The van der Waals surface area contributed by atoms with Crippen molar-refractivity contribution < 1.29 is 18.3 Å². The minimum atomic E-state index is -3.80. The number of rotatable bonds is 6. The van der Waals surface area contributed by atoms with Gasteiger partial charge in [0.05, 0.1) is 0 Å². The number of amides is 1. The fraction of sp³-hybridized carbons (Fsp3) is 0.125. The van der Waals surface area contributed by atoms with Crippen LogP contribution in [0.25, 0.3) is 11.4 Å². The molecular weight excluding hydrogens is 403 g/mol. The molecule has 7 nitrogen and oxygen atoms in total. The van der Waals surface area contributed by atoms with Crippen molar-refractivity contribution in [2.24, 2.45) is 0 Å². The van der Waals surface area contributed by atoms with E-state index >= 15 is 0 Å². The Morgan fingerprint density at radius 3 is 2.44 bits per heavy atom. The molecule has 0 radical (unpaired) electrons. The van der Waals surface area contributed by atoms with E-state index in [2.05, 4.69) is 37.1 Å². The maximum Gasteiger partial charge on any atom is 0.487 e. The highest BCUT2D eigenvalue weighted by atomic mass is 35.5. The standard InChI is InChI=1S/C16H11Cl2F2N5O2/c17-11-3-1-10(2-4-11)15-22-24-25(23-15)9-14(26)21-12-5-7-13(8-6-12)27-16(18,19)20/h1-8H,9H2,(H,21,26). The van der Waals surface area contributed by atoms with E-state index in [0.29, 0.717) is 22.1 Å². The monoisotopic (exact) mass is 413 g/mol. The number of carbonyl (C=O) groups is 1. The van der Waals surface area contributed by atoms with Crippen LogP contribution in [0.15, 0.2) is 48.5 Å². The zero-order chi connectivity index (χ0) is 19.4. The number of benzene rings is 2. The lowest BCUT2D eigenvalue weighted by Crippen LogP contribution is -2.20. The van der Waals surface area contributed by atoms with E-state index < -0.39 is 11.5 Å². The number of hydrogen-bond donors (Lipinski definition) is 1. The van der Waals surface area contributed by atoms with Crippen LogP contribution in [-0.4, -0.2) is 31.7 Å². The van der Waals surface area contributed by atoms with Gasteiger partial charge in [-0.05, 0) is 53.7 Å². The number of nitrogens with one attached hydrogen (secondary N) is 1. The molecule has 3 aromatic rings. The number of aromatic nitrogens is 4. The van der Waals surface area contributed by atoms with Gasteiger partial charge in [0.2, 0.25) is 11.7 Å². The first-order chi connectivity index (χ1) is 12.8. The van der Waals surface area contributed by atoms with E-state index in [1.54, 1.807) is 24.3 Å². The van der Waals surface area contributed by atoms with Crippen molar-refractivity contribution in [3.05, 3.63) is 53.6 Å². The van der Waals surface area contributed by atoms with Crippen LogP contribution >= 0.6 is 23.2 Å². The van der Waals surface area contributed by atoms with E-state index in [9.17, 15) is 13.6 Å². The average Bonchev–Trinajstić information content (AvgIpc) is 3.04. The lowest BCUT2D eigenvalue weighted by Gasteiger charge is -2.11. The summed E-state index contributed by atoms with van der Waals surface area (Å²) in [5.41, 5.74) is -2.72. The Labute approximate surface area is 161 Å². The van der Waals surface area contributed by atoms with Gasteiger partial charge in [-0.15, -0.1) is 19.0 Å². The van der Waals surface area contributed by atoms with Gasteiger partial charge in [-0.2, -0.15) is 4.80 Å². The summed E-state index contributed by atoms with van der Waals surface area (Å²) in [7, 11) is 0. The first-order valence-electron chi connectivity index (χ1n) is 7.48. The van der Waals surface area contributed by atoms with Crippen LogP contribution in [0.5, 0.6) is 5.75 Å². The molecule has 11 heteroatoms. The molecule has 2 aromatic carbocycles.